The van der Waals surface area contributed by atoms with E-state index in [9.17, 15) is 4.79 Å². The summed E-state index contributed by atoms with van der Waals surface area (Å²) >= 11 is 0. The van der Waals surface area contributed by atoms with Gasteiger partial charge in [-0.25, -0.2) is 0 Å². The van der Waals surface area contributed by atoms with Crippen LogP contribution in [0.3, 0.4) is 0 Å². The minimum Gasteiger partial charge on any atom is -0.427 e. The third-order valence-electron chi connectivity index (χ3n) is 3.15. The summed E-state index contributed by atoms with van der Waals surface area (Å²) in [5.74, 6) is 1.12. The Morgan fingerprint density at radius 1 is 1.12 bits per heavy atom. The van der Waals surface area contributed by atoms with E-state index < -0.39 is 0 Å². The predicted molar refractivity (Wildman–Crippen MR) is 63.3 cm³/mol. The zero-order chi connectivity index (χ0) is 11.2. The van der Waals surface area contributed by atoms with Gasteiger partial charge in [0, 0.05) is 6.42 Å². The fraction of sp³-hybridized carbons (Fsp3) is 0.500. The molecule has 0 amide bonds. The maximum atomic E-state index is 11.7. The first kappa shape index (κ1) is 11.2. The molecule has 2 nitrogen and oxygen atoms in total. The van der Waals surface area contributed by atoms with E-state index in [1.54, 1.807) is 0 Å². The second-order valence-corrected chi connectivity index (χ2v) is 4.50. The van der Waals surface area contributed by atoms with Gasteiger partial charge in [-0.1, -0.05) is 37.5 Å². The van der Waals surface area contributed by atoms with Crippen molar-refractivity contribution in [1.82, 2.24) is 0 Å². The van der Waals surface area contributed by atoms with Gasteiger partial charge >= 0.3 is 5.97 Å². The summed E-state index contributed by atoms with van der Waals surface area (Å²) < 4.78 is 5.28. The van der Waals surface area contributed by atoms with Crippen LogP contribution in [0.1, 0.15) is 38.5 Å². The van der Waals surface area contributed by atoms with Crippen LogP contribution in [0, 0.1) is 5.92 Å². The van der Waals surface area contributed by atoms with Gasteiger partial charge < -0.3 is 4.74 Å². The Balaban J connectivity index is 1.80. The summed E-state index contributed by atoms with van der Waals surface area (Å²) in [5.41, 5.74) is 0. The Morgan fingerprint density at radius 3 is 2.50 bits per heavy atom. The Labute approximate surface area is 96.6 Å². The monoisotopic (exact) mass is 218 g/mol. The van der Waals surface area contributed by atoms with E-state index in [1.807, 2.05) is 30.3 Å². The average molecular weight is 218 g/mol. The van der Waals surface area contributed by atoms with Crippen LogP contribution < -0.4 is 4.74 Å². The van der Waals surface area contributed by atoms with Crippen LogP contribution in [-0.2, 0) is 4.79 Å². The van der Waals surface area contributed by atoms with Crippen LogP contribution in [0.2, 0.25) is 0 Å². The zero-order valence-corrected chi connectivity index (χ0v) is 9.52. The quantitative estimate of drug-likeness (QED) is 0.572. The number of carbonyl (C=O) groups excluding carboxylic acids is 1. The highest BCUT2D eigenvalue weighted by molar-refractivity contribution is 5.72. The molecule has 0 saturated heterocycles. The van der Waals surface area contributed by atoms with Gasteiger partial charge in [-0.05, 0) is 30.9 Å². The van der Waals surface area contributed by atoms with Crippen molar-refractivity contribution >= 4 is 5.97 Å². The van der Waals surface area contributed by atoms with E-state index in [-0.39, 0.29) is 5.97 Å². The van der Waals surface area contributed by atoms with Crippen molar-refractivity contribution in [3.05, 3.63) is 30.3 Å². The molecule has 0 spiro atoms. The molecule has 0 heterocycles. The van der Waals surface area contributed by atoms with E-state index >= 15 is 0 Å². The van der Waals surface area contributed by atoms with Gasteiger partial charge in [0.15, 0.2) is 0 Å². The summed E-state index contributed by atoms with van der Waals surface area (Å²) in [6.07, 6.45) is 6.81. The molecule has 1 aliphatic carbocycles. The Hall–Kier alpha value is -1.31. The number of rotatable bonds is 3. The fourth-order valence-electron chi connectivity index (χ4n) is 2.29. The van der Waals surface area contributed by atoms with Crippen molar-refractivity contribution in [3.63, 3.8) is 0 Å². The molecule has 0 N–H and O–H groups in total. The van der Waals surface area contributed by atoms with Crippen molar-refractivity contribution in [1.29, 1.82) is 0 Å². The molecule has 2 rings (SSSR count). The van der Waals surface area contributed by atoms with Gasteiger partial charge in [0.05, 0.1) is 0 Å². The topological polar surface area (TPSA) is 26.3 Å². The minimum absolute atomic E-state index is 0.0851. The molecule has 1 aliphatic rings. The van der Waals surface area contributed by atoms with E-state index in [4.69, 9.17) is 4.74 Å². The molecule has 1 saturated carbocycles. The Morgan fingerprint density at radius 2 is 1.81 bits per heavy atom. The molecule has 0 radical (unpaired) electrons. The highest BCUT2D eigenvalue weighted by atomic mass is 16.5. The second-order valence-electron chi connectivity index (χ2n) is 4.50. The van der Waals surface area contributed by atoms with Gasteiger partial charge in [0.1, 0.15) is 5.75 Å². The average Bonchev–Trinajstić information content (AvgIpc) is 2.31. The lowest BCUT2D eigenvalue weighted by Gasteiger charge is -2.20. The lowest BCUT2D eigenvalue weighted by Crippen LogP contribution is -2.16. The molecule has 1 aromatic rings. The first-order valence-corrected chi connectivity index (χ1v) is 6.10. The first-order valence-electron chi connectivity index (χ1n) is 6.10. The SMILES string of the molecule is O=C(CC1CCCCC1)Oc1ccccc1. The van der Waals surface area contributed by atoms with Crippen LogP contribution in [0.5, 0.6) is 5.75 Å². The number of hydrogen-bond donors (Lipinski definition) is 0. The van der Waals surface area contributed by atoms with Crippen LogP contribution in [0.25, 0.3) is 0 Å². The van der Waals surface area contributed by atoms with Crippen molar-refractivity contribution < 1.29 is 9.53 Å². The highest BCUT2D eigenvalue weighted by Gasteiger charge is 2.18. The summed E-state index contributed by atoms with van der Waals surface area (Å²) in [6, 6.07) is 9.31. The summed E-state index contributed by atoms with van der Waals surface area (Å²) in [4.78, 5) is 11.7. The maximum absolute atomic E-state index is 11.7. The molecule has 86 valence electrons. The molecule has 1 fully saturated rings. The number of carbonyl (C=O) groups is 1. The molecule has 0 bridgehead atoms. The number of hydrogen-bond acceptors (Lipinski definition) is 2. The van der Waals surface area contributed by atoms with Crippen LogP contribution >= 0.6 is 0 Å². The number of para-hydroxylation sites is 1. The predicted octanol–water partition coefficient (Wildman–Crippen LogP) is 3.56. The minimum atomic E-state index is -0.0851. The molecular formula is C14H18O2. The zero-order valence-electron chi connectivity index (χ0n) is 9.52. The van der Waals surface area contributed by atoms with Crippen LogP contribution in [0.4, 0.5) is 0 Å². The standard InChI is InChI=1S/C14H18O2/c15-14(11-12-7-3-1-4-8-12)16-13-9-5-2-6-10-13/h2,5-6,9-10,12H,1,3-4,7-8,11H2. The summed E-state index contributed by atoms with van der Waals surface area (Å²) in [7, 11) is 0. The lowest BCUT2D eigenvalue weighted by atomic mass is 9.87. The Bertz CT molecular complexity index is 326. The number of benzene rings is 1. The second kappa shape index (κ2) is 5.69. The third kappa shape index (κ3) is 3.37. The van der Waals surface area contributed by atoms with Gasteiger partial charge in [0.2, 0.25) is 0 Å². The van der Waals surface area contributed by atoms with E-state index in [2.05, 4.69) is 0 Å². The van der Waals surface area contributed by atoms with Crippen molar-refractivity contribution in [2.45, 2.75) is 38.5 Å². The Kier molecular flexibility index (Phi) is 3.97. The van der Waals surface area contributed by atoms with Gasteiger partial charge in [-0.2, -0.15) is 0 Å². The molecule has 0 aromatic heterocycles. The smallest absolute Gasteiger partial charge is 0.311 e. The van der Waals surface area contributed by atoms with E-state index in [0.717, 1.165) is 0 Å². The van der Waals surface area contributed by atoms with Crippen molar-refractivity contribution in [2.75, 3.05) is 0 Å². The molecule has 16 heavy (non-hydrogen) atoms. The lowest BCUT2D eigenvalue weighted by molar-refractivity contribution is -0.135. The van der Waals surface area contributed by atoms with Crippen LogP contribution in [0.15, 0.2) is 30.3 Å². The third-order valence-corrected chi connectivity index (χ3v) is 3.15. The fourth-order valence-corrected chi connectivity index (χ4v) is 2.29. The van der Waals surface area contributed by atoms with Gasteiger partial charge in [-0.3, -0.25) is 4.79 Å². The molecule has 2 heteroatoms. The normalized spacial score (nSPS) is 17.0. The first-order chi connectivity index (χ1) is 7.84. The maximum Gasteiger partial charge on any atom is 0.311 e. The largest absolute Gasteiger partial charge is 0.427 e. The molecular weight excluding hydrogens is 200 g/mol. The summed E-state index contributed by atoms with van der Waals surface area (Å²) in [5, 5.41) is 0. The molecule has 0 atom stereocenters. The highest BCUT2D eigenvalue weighted by Crippen LogP contribution is 2.26. The van der Waals surface area contributed by atoms with Gasteiger partial charge in [0.25, 0.3) is 0 Å². The van der Waals surface area contributed by atoms with E-state index in [0.29, 0.717) is 18.1 Å². The van der Waals surface area contributed by atoms with Gasteiger partial charge in [-0.15, -0.1) is 0 Å². The number of ether oxygens (including phenoxy) is 1. The molecule has 0 aliphatic heterocycles. The molecule has 0 unspecified atom stereocenters. The molecule has 1 aromatic carbocycles. The number of esters is 1. The summed E-state index contributed by atoms with van der Waals surface area (Å²) in [6.45, 7) is 0. The van der Waals surface area contributed by atoms with Crippen molar-refractivity contribution in [3.8, 4) is 5.75 Å². The van der Waals surface area contributed by atoms with Crippen molar-refractivity contribution in [2.24, 2.45) is 5.92 Å². The van der Waals surface area contributed by atoms with Crippen LogP contribution in [-0.4, -0.2) is 5.97 Å². The van der Waals surface area contributed by atoms with E-state index in [1.165, 1.54) is 32.1 Å².